The number of hydrogen-bond donors (Lipinski definition) is 1. The van der Waals surface area contributed by atoms with Crippen LogP contribution in [0.25, 0.3) is 0 Å². The van der Waals surface area contributed by atoms with Crippen molar-refractivity contribution in [3.05, 3.63) is 107 Å². The molecular weight excluding hydrogens is 511 g/mol. The Morgan fingerprint density at radius 2 is 1.56 bits per heavy atom. The highest BCUT2D eigenvalue weighted by Crippen LogP contribution is 2.36. The molecule has 0 radical (unpaired) electrons. The first-order chi connectivity index (χ1) is 18.7. The molecule has 2 aliphatic heterocycles. The van der Waals surface area contributed by atoms with E-state index in [-0.39, 0.29) is 37.6 Å². The van der Waals surface area contributed by atoms with E-state index in [4.69, 9.17) is 0 Å². The monoisotopic (exact) mass is 537 g/mol. The summed E-state index contributed by atoms with van der Waals surface area (Å²) >= 11 is 0. The first-order valence-corrected chi connectivity index (χ1v) is 12.3. The lowest BCUT2D eigenvalue weighted by atomic mass is 10.00. The second-order valence-corrected chi connectivity index (χ2v) is 9.45. The van der Waals surface area contributed by atoms with Crippen LogP contribution in [0.15, 0.2) is 72.8 Å². The predicted molar refractivity (Wildman–Crippen MR) is 135 cm³/mol. The topological polar surface area (TPSA) is 76.2 Å². The van der Waals surface area contributed by atoms with Gasteiger partial charge in [-0.1, -0.05) is 60.7 Å². The fraction of sp³-hybridized carbons (Fsp3) is 0.250. The zero-order chi connectivity index (χ0) is 27.7. The van der Waals surface area contributed by atoms with Crippen LogP contribution in [0.2, 0.25) is 0 Å². The molecular formula is C28H26F3N5O3. The maximum atomic E-state index is 13.9. The van der Waals surface area contributed by atoms with Gasteiger partial charge in [-0.05, 0) is 28.8 Å². The second kappa shape index (κ2) is 10.8. The molecule has 0 aromatic heterocycles. The Hall–Kier alpha value is -4.38. The zero-order valence-electron chi connectivity index (χ0n) is 21.1. The van der Waals surface area contributed by atoms with E-state index in [0.29, 0.717) is 5.56 Å². The minimum Gasteiger partial charge on any atom is -0.333 e. The summed E-state index contributed by atoms with van der Waals surface area (Å²) in [5, 5.41) is 5.69. The van der Waals surface area contributed by atoms with Gasteiger partial charge in [0.25, 0.3) is 5.91 Å². The second-order valence-electron chi connectivity index (χ2n) is 9.45. The maximum Gasteiger partial charge on any atom is 0.332 e. The Bertz CT molecular complexity index is 1370. The summed E-state index contributed by atoms with van der Waals surface area (Å²) in [4.78, 5) is 42.8. The van der Waals surface area contributed by atoms with Gasteiger partial charge >= 0.3 is 6.03 Å². The van der Waals surface area contributed by atoms with Crippen molar-refractivity contribution in [3.63, 3.8) is 0 Å². The Morgan fingerprint density at radius 3 is 2.21 bits per heavy atom. The molecule has 2 aliphatic rings. The lowest BCUT2D eigenvalue weighted by Crippen LogP contribution is -2.62. The van der Waals surface area contributed by atoms with Gasteiger partial charge in [0.05, 0.1) is 13.1 Å². The van der Waals surface area contributed by atoms with E-state index in [9.17, 15) is 27.6 Å². The van der Waals surface area contributed by atoms with E-state index < -0.39 is 41.6 Å². The highest BCUT2D eigenvalue weighted by molar-refractivity contribution is 5.92. The number of halogens is 3. The molecule has 3 aromatic rings. The Morgan fingerprint density at radius 1 is 0.949 bits per heavy atom. The average molecular weight is 538 g/mol. The summed E-state index contributed by atoms with van der Waals surface area (Å²) in [6, 6.07) is 18.2. The van der Waals surface area contributed by atoms with Gasteiger partial charge in [0.1, 0.15) is 12.2 Å². The lowest BCUT2D eigenvalue weighted by molar-refractivity contribution is -0.157. The van der Waals surface area contributed by atoms with Gasteiger partial charge in [-0.2, -0.15) is 5.01 Å². The van der Waals surface area contributed by atoms with Gasteiger partial charge in [0.2, 0.25) is 5.91 Å². The van der Waals surface area contributed by atoms with Crippen molar-refractivity contribution in [1.29, 1.82) is 0 Å². The van der Waals surface area contributed by atoms with Gasteiger partial charge in [-0.15, -0.1) is 0 Å². The van der Waals surface area contributed by atoms with E-state index >= 15 is 0 Å². The molecule has 11 heteroatoms. The first-order valence-electron chi connectivity index (χ1n) is 12.3. The minimum absolute atomic E-state index is 0.0369. The molecule has 3 aromatic carbocycles. The SMILES string of the molecule is CN(C(=O)NCc1ccccc1)N1CC(=O)N2[C@@H](c3ccccc3)C(=O)N(Cc3cc(F)c(F)c(F)c3)C[C@@H]21. The lowest BCUT2D eigenvalue weighted by Gasteiger charge is -2.45. The average Bonchev–Trinajstić information content (AvgIpc) is 3.26. The summed E-state index contributed by atoms with van der Waals surface area (Å²) in [5.74, 6) is -5.10. The highest BCUT2D eigenvalue weighted by atomic mass is 19.2. The van der Waals surface area contributed by atoms with E-state index in [0.717, 1.165) is 17.7 Å². The summed E-state index contributed by atoms with van der Waals surface area (Å²) < 4.78 is 41.4. The van der Waals surface area contributed by atoms with E-state index in [1.807, 2.05) is 30.3 Å². The van der Waals surface area contributed by atoms with Crippen LogP contribution in [0.1, 0.15) is 22.7 Å². The zero-order valence-corrected chi connectivity index (χ0v) is 21.1. The van der Waals surface area contributed by atoms with Crippen LogP contribution < -0.4 is 5.32 Å². The Kier molecular flexibility index (Phi) is 7.25. The van der Waals surface area contributed by atoms with E-state index in [1.54, 1.807) is 35.3 Å². The molecule has 39 heavy (non-hydrogen) atoms. The van der Waals surface area contributed by atoms with Gasteiger partial charge in [-0.3, -0.25) is 14.6 Å². The van der Waals surface area contributed by atoms with Crippen LogP contribution in [0.3, 0.4) is 0 Å². The number of nitrogens with zero attached hydrogens (tertiary/aromatic N) is 4. The molecule has 0 unspecified atom stereocenters. The molecule has 2 atom stereocenters. The van der Waals surface area contributed by atoms with Crippen molar-refractivity contribution in [2.24, 2.45) is 0 Å². The molecule has 8 nitrogen and oxygen atoms in total. The molecule has 4 amide bonds. The van der Waals surface area contributed by atoms with Crippen LogP contribution in [-0.2, 0) is 22.7 Å². The number of nitrogens with one attached hydrogen (secondary N) is 1. The molecule has 1 N–H and O–H groups in total. The fourth-order valence-corrected chi connectivity index (χ4v) is 5.02. The third kappa shape index (κ3) is 5.17. The summed E-state index contributed by atoms with van der Waals surface area (Å²) in [5.41, 5.74) is 1.51. The summed E-state index contributed by atoms with van der Waals surface area (Å²) in [6.07, 6.45) is -0.733. The highest BCUT2D eigenvalue weighted by Gasteiger charge is 2.52. The van der Waals surface area contributed by atoms with Crippen molar-refractivity contribution in [1.82, 2.24) is 25.1 Å². The number of urea groups is 1. The van der Waals surface area contributed by atoms with E-state index in [2.05, 4.69) is 5.32 Å². The molecule has 202 valence electrons. The fourth-order valence-electron chi connectivity index (χ4n) is 5.02. The smallest absolute Gasteiger partial charge is 0.332 e. The van der Waals surface area contributed by atoms with Crippen molar-refractivity contribution in [2.75, 3.05) is 20.1 Å². The van der Waals surface area contributed by atoms with Crippen LogP contribution in [0.5, 0.6) is 0 Å². The maximum absolute atomic E-state index is 13.9. The van der Waals surface area contributed by atoms with Crippen molar-refractivity contribution in [2.45, 2.75) is 25.3 Å². The third-order valence-corrected chi connectivity index (χ3v) is 6.96. The van der Waals surface area contributed by atoms with Crippen molar-refractivity contribution < 1.29 is 27.6 Å². The first kappa shape index (κ1) is 26.2. The Labute approximate surface area is 223 Å². The number of hydrogen-bond acceptors (Lipinski definition) is 4. The predicted octanol–water partition coefficient (Wildman–Crippen LogP) is 3.41. The van der Waals surface area contributed by atoms with Gasteiger partial charge < -0.3 is 15.1 Å². The number of piperazine rings is 1. The van der Waals surface area contributed by atoms with Crippen LogP contribution >= 0.6 is 0 Å². The molecule has 0 saturated carbocycles. The number of benzene rings is 3. The molecule has 0 aliphatic carbocycles. The largest absolute Gasteiger partial charge is 0.333 e. The number of carbonyl (C=O) groups excluding carboxylic acids is 3. The number of amides is 4. The third-order valence-electron chi connectivity index (χ3n) is 6.96. The van der Waals surface area contributed by atoms with Gasteiger partial charge in [0.15, 0.2) is 17.5 Å². The molecule has 0 spiro atoms. The standard InChI is InChI=1S/C28H26F3N5O3/c1-33(28(39)32-14-18-8-4-2-5-9-18)35-17-24(37)36-23(35)16-34(15-19-12-21(29)25(31)22(30)13-19)27(38)26(36)20-10-6-3-7-11-20/h2-13,23,26H,14-17H2,1H3,(H,32,39)/t23-,26+/m1/s1. The molecule has 0 bridgehead atoms. The molecule has 2 fully saturated rings. The van der Waals surface area contributed by atoms with E-state index in [1.165, 1.54) is 21.9 Å². The van der Waals surface area contributed by atoms with Crippen LogP contribution in [-0.4, -0.2) is 64.0 Å². The number of fused-ring (bicyclic) bond motifs is 1. The van der Waals surface area contributed by atoms with Crippen LogP contribution in [0.4, 0.5) is 18.0 Å². The summed E-state index contributed by atoms with van der Waals surface area (Å²) in [6.45, 7) is -0.124. The molecule has 2 saturated heterocycles. The minimum atomic E-state index is -1.59. The van der Waals surface area contributed by atoms with Crippen molar-refractivity contribution >= 4 is 17.8 Å². The van der Waals surface area contributed by atoms with Crippen LogP contribution in [0, 0.1) is 17.5 Å². The Balaban J connectivity index is 1.43. The quantitative estimate of drug-likeness (QED) is 0.489. The number of rotatable bonds is 6. The molecule has 2 heterocycles. The summed E-state index contributed by atoms with van der Waals surface area (Å²) in [7, 11) is 1.53. The normalized spacial score (nSPS) is 19.3. The number of carbonyl (C=O) groups is 3. The molecule has 5 rings (SSSR count). The van der Waals surface area contributed by atoms with Gasteiger partial charge in [-0.25, -0.2) is 18.0 Å². The number of hydrazine groups is 1. The van der Waals surface area contributed by atoms with Crippen molar-refractivity contribution in [3.8, 4) is 0 Å². The van der Waals surface area contributed by atoms with Gasteiger partial charge in [0, 0.05) is 20.1 Å².